The van der Waals surface area contributed by atoms with Crippen LogP contribution in [0.25, 0.3) is 0 Å². The number of benzene rings is 1. The van der Waals surface area contributed by atoms with Gasteiger partial charge in [-0.3, -0.25) is 0 Å². The van der Waals surface area contributed by atoms with Crippen LogP contribution in [0.1, 0.15) is 5.56 Å². The van der Waals surface area contributed by atoms with E-state index in [1.54, 1.807) is 12.1 Å². The molecular formula is C12H7ClF3NO. The molecule has 1 aromatic carbocycles. The minimum absolute atomic E-state index is 0.111. The second-order valence-corrected chi connectivity index (χ2v) is 3.99. The number of aromatic nitrogens is 1. The van der Waals surface area contributed by atoms with E-state index in [1.165, 1.54) is 6.07 Å². The zero-order valence-electron chi connectivity index (χ0n) is 9.18. The van der Waals surface area contributed by atoms with E-state index in [9.17, 15) is 13.2 Å². The van der Waals surface area contributed by atoms with Gasteiger partial charge in [-0.2, -0.15) is 9.37 Å². The lowest BCUT2D eigenvalue weighted by molar-refractivity contribution is 0.387. The van der Waals surface area contributed by atoms with Gasteiger partial charge in [0.25, 0.3) is 11.8 Å². The van der Waals surface area contributed by atoms with Gasteiger partial charge in [-0.15, -0.1) is 0 Å². The van der Waals surface area contributed by atoms with E-state index < -0.39 is 23.5 Å². The van der Waals surface area contributed by atoms with Crippen molar-refractivity contribution in [1.82, 2.24) is 4.98 Å². The third kappa shape index (κ3) is 2.56. The average Bonchev–Trinajstić information content (AvgIpc) is 2.29. The van der Waals surface area contributed by atoms with Gasteiger partial charge in [0.05, 0.1) is 5.02 Å². The van der Waals surface area contributed by atoms with Gasteiger partial charge in [-0.25, -0.2) is 8.78 Å². The number of halogens is 4. The molecule has 0 N–H and O–H groups in total. The highest BCUT2D eigenvalue weighted by Crippen LogP contribution is 2.30. The van der Waals surface area contributed by atoms with Crippen molar-refractivity contribution < 1.29 is 17.9 Å². The average molecular weight is 274 g/mol. The van der Waals surface area contributed by atoms with Crippen LogP contribution in [-0.4, -0.2) is 4.98 Å². The van der Waals surface area contributed by atoms with Crippen LogP contribution in [0, 0.1) is 24.5 Å². The van der Waals surface area contributed by atoms with Crippen molar-refractivity contribution in [3.05, 3.63) is 52.4 Å². The van der Waals surface area contributed by atoms with Crippen LogP contribution in [0.4, 0.5) is 13.2 Å². The maximum absolute atomic E-state index is 13.3. The molecule has 0 saturated heterocycles. The quantitative estimate of drug-likeness (QED) is 0.763. The van der Waals surface area contributed by atoms with E-state index in [2.05, 4.69) is 4.98 Å². The molecule has 0 aliphatic carbocycles. The Bertz CT molecular complexity index is 604. The molecule has 0 bridgehead atoms. The Hall–Kier alpha value is -1.75. The molecule has 0 radical (unpaired) electrons. The van der Waals surface area contributed by atoms with Crippen molar-refractivity contribution in [2.45, 2.75) is 6.92 Å². The van der Waals surface area contributed by atoms with E-state index in [0.717, 1.165) is 5.56 Å². The van der Waals surface area contributed by atoms with Gasteiger partial charge in [0.1, 0.15) is 5.75 Å². The van der Waals surface area contributed by atoms with Crippen LogP contribution in [0.3, 0.4) is 0 Å². The molecule has 0 aliphatic rings. The first-order valence-electron chi connectivity index (χ1n) is 4.93. The predicted octanol–water partition coefficient (Wildman–Crippen LogP) is 4.25. The molecule has 0 amide bonds. The monoisotopic (exact) mass is 273 g/mol. The Morgan fingerprint density at radius 1 is 1.11 bits per heavy atom. The van der Waals surface area contributed by atoms with Crippen molar-refractivity contribution >= 4 is 11.6 Å². The van der Waals surface area contributed by atoms with Crippen molar-refractivity contribution in [2.24, 2.45) is 0 Å². The smallest absolute Gasteiger partial charge is 0.258 e. The lowest BCUT2D eigenvalue weighted by Gasteiger charge is -2.08. The molecule has 18 heavy (non-hydrogen) atoms. The molecule has 94 valence electrons. The number of hydrogen-bond acceptors (Lipinski definition) is 2. The summed E-state index contributed by atoms with van der Waals surface area (Å²) in [6, 6.07) is 5.12. The highest BCUT2D eigenvalue weighted by molar-refractivity contribution is 6.32. The zero-order chi connectivity index (χ0) is 13.3. The van der Waals surface area contributed by atoms with Gasteiger partial charge < -0.3 is 4.74 Å². The van der Waals surface area contributed by atoms with Crippen molar-refractivity contribution in [3.8, 4) is 11.6 Å². The summed E-state index contributed by atoms with van der Waals surface area (Å²) in [6.45, 7) is 1.81. The van der Waals surface area contributed by atoms with Crippen molar-refractivity contribution in [3.63, 3.8) is 0 Å². The molecule has 6 heteroatoms. The Balaban J connectivity index is 2.37. The van der Waals surface area contributed by atoms with Crippen LogP contribution in [0.2, 0.25) is 5.02 Å². The molecule has 0 unspecified atom stereocenters. The van der Waals surface area contributed by atoms with Gasteiger partial charge in [0.15, 0.2) is 11.6 Å². The number of hydrogen-bond donors (Lipinski definition) is 0. The number of pyridine rings is 1. The summed E-state index contributed by atoms with van der Waals surface area (Å²) in [5.74, 6) is -4.48. The highest BCUT2D eigenvalue weighted by atomic mass is 35.5. The van der Waals surface area contributed by atoms with E-state index in [0.29, 0.717) is 6.07 Å². The van der Waals surface area contributed by atoms with Crippen LogP contribution in [0.15, 0.2) is 24.3 Å². The molecule has 2 nitrogen and oxygen atoms in total. The van der Waals surface area contributed by atoms with Gasteiger partial charge in [0.2, 0.25) is 0 Å². The van der Waals surface area contributed by atoms with Crippen molar-refractivity contribution in [2.75, 3.05) is 0 Å². The van der Waals surface area contributed by atoms with E-state index >= 15 is 0 Å². The zero-order valence-corrected chi connectivity index (χ0v) is 9.93. The van der Waals surface area contributed by atoms with Crippen LogP contribution in [-0.2, 0) is 0 Å². The third-order valence-electron chi connectivity index (χ3n) is 2.15. The lowest BCUT2D eigenvalue weighted by atomic mass is 10.2. The fourth-order valence-electron chi connectivity index (χ4n) is 1.29. The Labute approximate surface area is 106 Å². The summed E-state index contributed by atoms with van der Waals surface area (Å²) in [5.41, 5.74) is 0.881. The Morgan fingerprint density at radius 3 is 2.50 bits per heavy atom. The molecular weight excluding hydrogens is 267 g/mol. The second-order valence-electron chi connectivity index (χ2n) is 3.58. The van der Waals surface area contributed by atoms with Gasteiger partial charge >= 0.3 is 0 Å². The minimum atomic E-state index is -1.44. The highest BCUT2D eigenvalue weighted by Gasteiger charge is 2.14. The Kier molecular flexibility index (Phi) is 3.43. The molecule has 2 aromatic rings. The molecule has 0 saturated carbocycles. The summed E-state index contributed by atoms with van der Waals surface area (Å²) in [4.78, 5) is 3.03. The normalized spacial score (nSPS) is 10.5. The molecule has 0 aliphatic heterocycles. The number of nitrogens with zero attached hydrogens (tertiary/aromatic N) is 1. The standard InChI is InChI=1S/C12H7ClF3NO/c1-6-2-3-10(7(13)4-6)18-12-9(15)5-8(14)11(16)17-12/h2-5H,1H3. The maximum Gasteiger partial charge on any atom is 0.258 e. The molecule has 0 spiro atoms. The number of rotatable bonds is 2. The fraction of sp³-hybridized carbons (Fsp3) is 0.0833. The number of aryl methyl sites for hydroxylation is 1. The number of ether oxygens (including phenoxy) is 1. The van der Waals surface area contributed by atoms with Gasteiger partial charge in [-0.05, 0) is 24.6 Å². The first-order chi connectivity index (χ1) is 8.47. The summed E-state index contributed by atoms with van der Waals surface area (Å²) >= 11 is 5.86. The minimum Gasteiger partial charge on any atom is -0.435 e. The fourth-order valence-corrected chi connectivity index (χ4v) is 1.57. The lowest BCUT2D eigenvalue weighted by Crippen LogP contribution is -1.98. The molecule has 0 fully saturated rings. The summed E-state index contributed by atoms with van der Waals surface area (Å²) in [6.07, 6.45) is 0. The molecule has 1 heterocycles. The van der Waals surface area contributed by atoms with Crippen LogP contribution < -0.4 is 4.74 Å². The van der Waals surface area contributed by atoms with E-state index in [1.807, 2.05) is 6.92 Å². The molecule has 0 atom stereocenters. The van der Waals surface area contributed by atoms with Crippen LogP contribution >= 0.6 is 11.6 Å². The first-order valence-corrected chi connectivity index (χ1v) is 5.30. The van der Waals surface area contributed by atoms with E-state index in [4.69, 9.17) is 16.3 Å². The van der Waals surface area contributed by atoms with Crippen LogP contribution in [0.5, 0.6) is 11.6 Å². The summed E-state index contributed by atoms with van der Waals surface area (Å²) in [5, 5.41) is 0.223. The predicted molar refractivity (Wildman–Crippen MR) is 60.4 cm³/mol. The van der Waals surface area contributed by atoms with Gasteiger partial charge in [-0.1, -0.05) is 17.7 Å². The topological polar surface area (TPSA) is 22.1 Å². The molecule has 1 aromatic heterocycles. The summed E-state index contributed by atoms with van der Waals surface area (Å²) in [7, 11) is 0. The third-order valence-corrected chi connectivity index (χ3v) is 2.44. The first kappa shape index (κ1) is 12.7. The molecule has 2 rings (SSSR count). The van der Waals surface area contributed by atoms with E-state index in [-0.39, 0.29) is 10.8 Å². The van der Waals surface area contributed by atoms with Crippen molar-refractivity contribution in [1.29, 1.82) is 0 Å². The summed E-state index contributed by atoms with van der Waals surface area (Å²) < 4.78 is 43.8. The Morgan fingerprint density at radius 2 is 1.83 bits per heavy atom. The van der Waals surface area contributed by atoms with Gasteiger partial charge in [0, 0.05) is 6.07 Å². The SMILES string of the molecule is Cc1ccc(Oc2nc(F)c(F)cc2F)c(Cl)c1. The maximum atomic E-state index is 13.3. The second kappa shape index (κ2) is 4.86. The largest absolute Gasteiger partial charge is 0.435 e.